The molecule has 0 N–H and O–H groups in total. The Morgan fingerprint density at radius 3 is 2.91 bits per heavy atom. The van der Waals surface area contributed by atoms with Gasteiger partial charge in [0.15, 0.2) is 5.17 Å². The van der Waals surface area contributed by atoms with E-state index in [9.17, 15) is 9.18 Å². The topological polar surface area (TPSA) is 55.0 Å². The highest BCUT2D eigenvalue weighted by molar-refractivity contribution is 8.18. The van der Waals surface area contributed by atoms with E-state index in [4.69, 9.17) is 9.15 Å². The van der Waals surface area contributed by atoms with Crippen LogP contribution in [0.2, 0.25) is 0 Å². The number of furan rings is 1. The van der Waals surface area contributed by atoms with Gasteiger partial charge < -0.3 is 14.1 Å². The third kappa shape index (κ3) is 2.89. The molecule has 2 aromatic rings. The van der Waals surface area contributed by atoms with Crippen LogP contribution in [0.5, 0.6) is 0 Å². The van der Waals surface area contributed by atoms with Crippen molar-refractivity contribution in [1.82, 2.24) is 4.90 Å². The molecule has 1 aromatic heterocycles. The number of nitrogens with zero attached hydrogens (tertiary/aromatic N) is 2. The number of ether oxygens (including phenoxy) is 1. The molecule has 118 valence electrons. The van der Waals surface area contributed by atoms with Crippen LogP contribution in [0.15, 0.2) is 38.6 Å². The van der Waals surface area contributed by atoms with Gasteiger partial charge in [-0.1, -0.05) is 0 Å². The smallest absolute Gasteiger partial charge is 0.286 e. The van der Waals surface area contributed by atoms with Crippen LogP contribution < -0.4 is 0 Å². The summed E-state index contributed by atoms with van der Waals surface area (Å²) < 4.78 is 24.1. The van der Waals surface area contributed by atoms with Gasteiger partial charge in [0, 0.05) is 24.6 Å². The average molecular weight is 332 g/mol. The van der Waals surface area contributed by atoms with E-state index in [1.165, 1.54) is 23.9 Å². The molecule has 1 amide bonds. The monoisotopic (exact) mass is 332 g/mol. The molecule has 1 fully saturated rings. The number of hydrogen-bond donors (Lipinski definition) is 0. The number of halogens is 1. The first-order valence-corrected chi connectivity index (χ1v) is 8.05. The number of hydrogen-bond acceptors (Lipinski definition) is 5. The lowest BCUT2D eigenvalue weighted by molar-refractivity contribution is -0.113. The molecule has 0 bridgehead atoms. The van der Waals surface area contributed by atoms with E-state index in [2.05, 4.69) is 4.99 Å². The Balaban J connectivity index is 1.57. The minimum absolute atomic E-state index is 0.275. The van der Waals surface area contributed by atoms with Crippen molar-refractivity contribution in [2.45, 2.75) is 0 Å². The molecule has 1 saturated heterocycles. The highest BCUT2D eigenvalue weighted by Crippen LogP contribution is 2.32. The van der Waals surface area contributed by atoms with Crippen molar-refractivity contribution in [3.05, 3.63) is 40.7 Å². The molecule has 1 aromatic carbocycles. The third-order valence-corrected chi connectivity index (χ3v) is 4.71. The first-order valence-electron chi connectivity index (χ1n) is 7.23. The lowest BCUT2D eigenvalue weighted by Gasteiger charge is -2.27. The van der Waals surface area contributed by atoms with Crippen LogP contribution in [0.3, 0.4) is 0 Å². The van der Waals surface area contributed by atoms with E-state index >= 15 is 0 Å². The maximum Gasteiger partial charge on any atom is 0.286 e. The summed E-state index contributed by atoms with van der Waals surface area (Å²) in [4.78, 5) is 18.7. The van der Waals surface area contributed by atoms with E-state index in [0.717, 1.165) is 13.1 Å². The van der Waals surface area contributed by atoms with Crippen molar-refractivity contribution in [2.24, 2.45) is 4.99 Å². The molecule has 0 unspecified atom stereocenters. The Morgan fingerprint density at radius 2 is 2.09 bits per heavy atom. The zero-order valence-corrected chi connectivity index (χ0v) is 12.9. The summed E-state index contributed by atoms with van der Waals surface area (Å²) in [5.41, 5.74) is 0.586. The Bertz CT molecular complexity index is 837. The van der Waals surface area contributed by atoms with Gasteiger partial charge in [-0.05, 0) is 36.0 Å². The summed E-state index contributed by atoms with van der Waals surface area (Å²) in [5.74, 6) is -0.0789. The summed E-state index contributed by atoms with van der Waals surface area (Å²) in [5, 5.41) is 1.37. The molecular formula is C16H13FN2O3S. The largest absolute Gasteiger partial charge is 0.457 e. The number of thioether (sulfide) groups is 1. The minimum Gasteiger partial charge on any atom is -0.457 e. The zero-order chi connectivity index (χ0) is 15.8. The van der Waals surface area contributed by atoms with Gasteiger partial charge in [-0.15, -0.1) is 0 Å². The quantitative estimate of drug-likeness (QED) is 0.752. The molecular weight excluding hydrogens is 319 g/mol. The van der Waals surface area contributed by atoms with Crippen LogP contribution in [-0.2, 0) is 9.53 Å². The van der Waals surface area contributed by atoms with E-state index < -0.39 is 0 Å². The number of fused-ring (bicyclic) bond motifs is 1. The fourth-order valence-electron chi connectivity index (χ4n) is 2.52. The summed E-state index contributed by atoms with van der Waals surface area (Å²) in [6.45, 7) is 2.75. The predicted molar refractivity (Wildman–Crippen MR) is 86.6 cm³/mol. The van der Waals surface area contributed by atoms with Crippen molar-refractivity contribution in [1.29, 1.82) is 0 Å². The van der Waals surface area contributed by atoms with Crippen LogP contribution in [0, 0.1) is 5.82 Å². The fourth-order valence-corrected chi connectivity index (χ4v) is 3.47. The second kappa shape index (κ2) is 5.82. The van der Waals surface area contributed by atoms with Gasteiger partial charge in [0.05, 0.1) is 18.1 Å². The molecule has 23 heavy (non-hydrogen) atoms. The predicted octanol–water partition coefficient (Wildman–Crippen LogP) is 2.87. The zero-order valence-electron chi connectivity index (χ0n) is 12.1. The number of carbonyl (C=O) groups excluding carboxylic acids is 1. The van der Waals surface area contributed by atoms with E-state index in [0.29, 0.717) is 40.0 Å². The van der Waals surface area contributed by atoms with Crippen LogP contribution in [0.25, 0.3) is 17.0 Å². The molecule has 3 heterocycles. The first kappa shape index (κ1) is 14.5. The summed E-state index contributed by atoms with van der Waals surface area (Å²) in [6.07, 6.45) is 1.65. The highest BCUT2D eigenvalue weighted by Gasteiger charge is 2.27. The standard InChI is InChI=1S/C16H13FN2O3S/c17-11-1-2-13-10(7-11)8-12(22-13)9-14-15(20)18-16(23-14)19-3-5-21-6-4-19/h1-2,7-9H,3-6H2/b14-9-. The molecule has 0 atom stereocenters. The van der Waals surface area contributed by atoms with E-state index in [-0.39, 0.29) is 11.7 Å². The lowest BCUT2D eigenvalue weighted by Crippen LogP contribution is -2.38. The molecule has 2 aliphatic heterocycles. The molecule has 4 rings (SSSR count). The van der Waals surface area contributed by atoms with Crippen LogP contribution >= 0.6 is 11.8 Å². The Morgan fingerprint density at radius 1 is 1.26 bits per heavy atom. The maximum atomic E-state index is 13.2. The Kier molecular flexibility index (Phi) is 3.66. The number of rotatable bonds is 1. The fraction of sp³-hybridized carbons (Fsp3) is 0.250. The average Bonchev–Trinajstić information content (AvgIpc) is 3.11. The summed E-state index contributed by atoms with van der Waals surface area (Å²) in [6, 6.07) is 6.04. The minimum atomic E-state index is -0.318. The normalized spacial score (nSPS) is 20.6. The number of morpholine rings is 1. The molecule has 0 aliphatic carbocycles. The second-order valence-corrected chi connectivity index (χ2v) is 6.25. The van der Waals surface area contributed by atoms with Crippen molar-refractivity contribution in [3.63, 3.8) is 0 Å². The van der Waals surface area contributed by atoms with Crippen LogP contribution in [0.1, 0.15) is 5.76 Å². The van der Waals surface area contributed by atoms with E-state index in [1.54, 1.807) is 18.2 Å². The van der Waals surface area contributed by atoms with Crippen molar-refractivity contribution in [3.8, 4) is 0 Å². The van der Waals surface area contributed by atoms with Crippen LogP contribution in [-0.4, -0.2) is 42.3 Å². The van der Waals surface area contributed by atoms with Gasteiger partial charge in [-0.3, -0.25) is 4.79 Å². The van der Waals surface area contributed by atoms with Crippen molar-refractivity contribution in [2.75, 3.05) is 26.3 Å². The molecule has 2 aliphatic rings. The number of amidine groups is 1. The first-order chi connectivity index (χ1) is 11.2. The van der Waals surface area contributed by atoms with Crippen molar-refractivity contribution >= 4 is 39.9 Å². The van der Waals surface area contributed by atoms with Crippen LogP contribution in [0.4, 0.5) is 4.39 Å². The lowest BCUT2D eigenvalue weighted by atomic mass is 10.2. The molecule has 7 heteroatoms. The molecule has 0 spiro atoms. The summed E-state index contributed by atoms with van der Waals surface area (Å²) >= 11 is 1.33. The highest BCUT2D eigenvalue weighted by atomic mass is 32.2. The second-order valence-electron chi connectivity index (χ2n) is 5.24. The van der Waals surface area contributed by atoms with Gasteiger partial charge in [0.2, 0.25) is 0 Å². The van der Waals surface area contributed by atoms with Crippen molar-refractivity contribution < 1.29 is 18.3 Å². The van der Waals surface area contributed by atoms with Gasteiger partial charge in [-0.2, -0.15) is 4.99 Å². The van der Waals surface area contributed by atoms with E-state index in [1.807, 2.05) is 4.90 Å². The number of amides is 1. The van der Waals surface area contributed by atoms with Gasteiger partial charge in [0.25, 0.3) is 5.91 Å². The van der Waals surface area contributed by atoms with Gasteiger partial charge in [-0.25, -0.2) is 4.39 Å². The number of benzene rings is 1. The Labute approximate surface area is 135 Å². The molecule has 0 saturated carbocycles. The number of carbonyl (C=O) groups is 1. The Hall–Kier alpha value is -2.12. The SMILES string of the molecule is O=C1N=C(N2CCOCC2)S/C1=C\c1cc2cc(F)ccc2o1. The number of aliphatic imine (C=N–C) groups is 1. The summed E-state index contributed by atoms with van der Waals surface area (Å²) in [7, 11) is 0. The van der Waals surface area contributed by atoms with Gasteiger partial charge in [0.1, 0.15) is 17.2 Å². The van der Waals surface area contributed by atoms with Gasteiger partial charge >= 0.3 is 0 Å². The molecule has 5 nitrogen and oxygen atoms in total. The third-order valence-electron chi connectivity index (χ3n) is 3.66. The maximum absolute atomic E-state index is 13.2. The molecule has 0 radical (unpaired) electrons.